The first-order valence-corrected chi connectivity index (χ1v) is 11.0. The highest BCUT2D eigenvalue weighted by Crippen LogP contribution is 2.32. The predicted octanol–water partition coefficient (Wildman–Crippen LogP) is 2.61. The predicted molar refractivity (Wildman–Crippen MR) is 105 cm³/mol. The van der Waals surface area contributed by atoms with Gasteiger partial charge in [0.25, 0.3) is 5.91 Å². The number of hydrogen-bond acceptors (Lipinski definition) is 5. The van der Waals surface area contributed by atoms with Crippen molar-refractivity contribution in [1.29, 1.82) is 0 Å². The number of piperidine rings is 1. The van der Waals surface area contributed by atoms with Crippen LogP contribution >= 0.6 is 11.6 Å². The van der Waals surface area contributed by atoms with E-state index in [0.717, 1.165) is 30.9 Å². The third-order valence-corrected chi connectivity index (χ3v) is 6.33. The molecule has 28 heavy (non-hydrogen) atoms. The Bertz CT molecular complexity index is 1020. The first-order chi connectivity index (χ1) is 13.2. The standard InChI is InChI=1S/C19H21ClFN3O3S/c1-28(26,27)18-12(9-13(21)10-15(18)20)11-24-8-3-2-6-16(24)17-14(19(22)25)5-4-7-23-17/h4-5,7,9-10,23H,2-3,6,8,11H2,1H3,(H2,22,25)/b17-16-. The third-order valence-electron chi connectivity index (χ3n) is 4.70. The molecule has 0 radical (unpaired) electrons. The van der Waals surface area contributed by atoms with Crippen LogP contribution in [0, 0.1) is 5.82 Å². The number of dihydropyridines is 1. The molecular formula is C19H21ClFN3O3S. The van der Waals surface area contributed by atoms with Gasteiger partial charge in [0, 0.05) is 31.2 Å². The maximum atomic E-state index is 14.0. The van der Waals surface area contributed by atoms with Crippen molar-refractivity contribution in [1.82, 2.24) is 10.2 Å². The molecule has 1 aromatic rings. The van der Waals surface area contributed by atoms with E-state index in [2.05, 4.69) is 5.32 Å². The van der Waals surface area contributed by atoms with Crippen molar-refractivity contribution in [3.63, 3.8) is 0 Å². The van der Waals surface area contributed by atoms with Crippen molar-refractivity contribution in [2.75, 3.05) is 12.8 Å². The second kappa shape index (κ2) is 7.97. The van der Waals surface area contributed by atoms with E-state index in [9.17, 15) is 17.6 Å². The van der Waals surface area contributed by atoms with Crippen LogP contribution in [0.3, 0.4) is 0 Å². The quantitative estimate of drug-likeness (QED) is 0.723. The molecule has 0 unspecified atom stereocenters. The molecule has 2 aliphatic heterocycles. The van der Waals surface area contributed by atoms with Gasteiger partial charge in [0.1, 0.15) is 5.82 Å². The number of sulfone groups is 1. The lowest BCUT2D eigenvalue weighted by atomic mass is 9.99. The molecule has 1 fully saturated rings. The first kappa shape index (κ1) is 20.4. The summed E-state index contributed by atoms with van der Waals surface area (Å²) >= 11 is 6.05. The first-order valence-electron chi connectivity index (χ1n) is 8.78. The third kappa shape index (κ3) is 4.23. The average molecular weight is 426 g/mol. The summed E-state index contributed by atoms with van der Waals surface area (Å²) in [6.07, 6.45) is 8.54. The molecule has 2 aliphatic rings. The lowest BCUT2D eigenvalue weighted by molar-refractivity contribution is -0.114. The number of nitrogens with two attached hydrogens (primary N) is 1. The Kier molecular flexibility index (Phi) is 5.81. The maximum absolute atomic E-state index is 14.0. The molecule has 0 bridgehead atoms. The van der Waals surface area contributed by atoms with Gasteiger partial charge < -0.3 is 16.0 Å². The molecule has 0 aliphatic carbocycles. The number of nitrogens with zero attached hydrogens (tertiary/aromatic N) is 1. The van der Waals surface area contributed by atoms with E-state index in [1.54, 1.807) is 18.4 Å². The fraction of sp³-hybridized carbons (Fsp3) is 0.316. The highest BCUT2D eigenvalue weighted by molar-refractivity contribution is 7.90. The normalized spacial score (nSPS) is 20.0. The number of hydrogen-bond donors (Lipinski definition) is 2. The molecule has 9 heteroatoms. The number of amides is 1. The Hall–Kier alpha value is -2.32. The minimum Gasteiger partial charge on any atom is -0.369 e. The molecule has 150 valence electrons. The van der Waals surface area contributed by atoms with Crippen LogP contribution < -0.4 is 11.1 Å². The van der Waals surface area contributed by atoms with Crippen molar-refractivity contribution >= 4 is 27.3 Å². The number of nitrogens with one attached hydrogen (secondary N) is 1. The minimum atomic E-state index is -3.65. The van der Waals surface area contributed by atoms with Crippen molar-refractivity contribution in [3.05, 3.63) is 63.9 Å². The SMILES string of the molecule is CS(=O)(=O)c1c(Cl)cc(F)cc1CN1CCCC/C1=C1/NC=CC=C1C(N)=O. The smallest absolute Gasteiger partial charge is 0.250 e. The molecule has 1 amide bonds. The van der Waals surface area contributed by atoms with Crippen LogP contribution in [0.4, 0.5) is 4.39 Å². The van der Waals surface area contributed by atoms with Crippen LogP contribution in [0.15, 0.2) is 52.3 Å². The zero-order valence-electron chi connectivity index (χ0n) is 15.3. The summed E-state index contributed by atoms with van der Waals surface area (Å²) in [5.74, 6) is -1.16. The zero-order chi connectivity index (χ0) is 20.5. The summed E-state index contributed by atoms with van der Waals surface area (Å²) in [7, 11) is -3.65. The number of carbonyl (C=O) groups excluding carboxylic acids is 1. The van der Waals surface area contributed by atoms with Gasteiger partial charge in [-0.1, -0.05) is 11.6 Å². The number of primary amides is 1. The summed E-state index contributed by atoms with van der Waals surface area (Å²) in [4.78, 5) is 13.7. The van der Waals surface area contributed by atoms with E-state index in [4.69, 9.17) is 17.3 Å². The molecule has 3 rings (SSSR count). The van der Waals surface area contributed by atoms with Gasteiger partial charge in [0.2, 0.25) is 0 Å². The van der Waals surface area contributed by atoms with Crippen LogP contribution in [-0.2, 0) is 21.2 Å². The Labute approximate surface area is 168 Å². The Morgan fingerprint density at radius 1 is 1.36 bits per heavy atom. The number of allylic oxidation sites excluding steroid dienone is 3. The monoisotopic (exact) mass is 425 g/mol. The van der Waals surface area contributed by atoms with Gasteiger partial charge in [-0.3, -0.25) is 4.79 Å². The van der Waals surface area contributed by atoms with Crippen LogP contribution in [0.2, 0.25) is 5.02 Å². The highest BCUT2D eigenvalue weighted by Gasteiger charge is 2.26. The Morgan fingerprint density at radius 3 is 2.79 bits per heavy atom. The minimum absolute atomic E-state index is 0.0762. The Morgan fingerprint density at radius 2 is 2.11 bits per heavy atom. The van der Waals surface area contributed by atoms with Gasteiger partial charge in [0.05, 0.1) is 21.2 Å². The van der Waals surface area contributed by atoms with E-state index in [1.165, 1.54) is 6.07 Å². The van der Waals surface area contributed by atoms with E-state index in [1.807, 2.05) is 4.90 Å². The number of carbonyl (C=O) groups is 1. The Balaban J connectivity index is 2.07. The van der Waals surface area contributed by atoms with E-state index in [-0.39, 0.29) is 22.0 Å². The van der Waals surface area contributed by atoms with Gasteiger partial charge in [-0.15, -0.1) is 0 Å². The number of halogens is 2. The molecule has 6 nitrogen and oxygen atoms in total. The van der Waals surface area contributed by atoms with Gasteiger partial charge in [-0.2, -0.15) is 0 Å². The van der Waals surface area contributed by atoms with E-state index < -0.39 is 21.6 Å². The molecule has 1 aromatic carbocycles. The second-order valence-electron chi connectivity index (χ2n) is 6.80. The van der Waals surface area contributed by atoms with Gasteiger partial charge in [0.15, 0.2) is 9.84 Å². The van der Waals surface area contributed by atoms with Crippen LogP contribution in [0.25, 0.3) is 0 Å². The van der Waals surface area contributed by atoms with Crippen molar-refractivity contribution in [2.24, 2.45) is 5.73 Å². The van der Waals surface area contributed by atoms with Crippen LogP contribution in [0.5, 0.6) is 0 Å². The molecule has 1 saturated heterocycles. The molecule has 0 saturated carbocycles. The molecule has 3 N–H and O–H groups in total. The van der Waals surface area contributed by atoms with Gasteiger partial charge in [-0.05, 0) is 49.1 Å². The lowest BCUT2D eigenvalue weighted by Crippen LogP contribution is -2.34. The highest BCUT2D eigenvalue weighted by atomic mass is 35.5. The van der Waals surface area contributed by atoms with Gasteiger partial charge >= 0.3 is 0 Å². The number of likely N-dealkylation sites (tertiary alicyclic amines) is 1. The summed E-state index contributed by atoms with van der Waals surface area (Å²) in [5, 5.41) is 2.93. The van der Waals surface area contributed by atoms with Gasteiger partial charge in [-0.25, -0.2) is 12.8 Å². The topological polar surface area (TPSA) is 92.5 Å². The van der Waals surface area contributed by atoms with Crippen LogP contribution in [0.1, 0.15) is 24.8 Å². The van der Waals surface area contributed by atoms with Crippen molar-refractivity contribution in [2.45, 2.75) is 30.7 Å². The number of benzene rings is 1. The lowest BCUT2D eigenvalue weighted by Gasteiger charge is -2.35. The number of rotatable bonds is 4. The van der Waals surface area contributed by atoms with Crippen molar-refractivity contribution < 1.29 is 17.6 Å². The summed E-state index contributed by atoms with van der Waals surface area (Å²) in [6.45, 7) is 0.782. The average Bonchev–Trinajstić information content (AvgIpc) is 2.60. The fourth-order valence-electron chi connectivity index (χ4n) is 3.58. The summed E-state index contributed by atoms with van der Waals surface area (Å²) in [5.41, 5.74) is 7.57. The van der Waals surface area contributed by atoms with E-state index >= 15 is 0 Å². The summed E-state index contributed by atoms with van der Waals surface area (Å²) < 4.78 is 38.4. The zero-order valence-corrected chi connectivity index (χ0v) is 16.9. The van der Waals surface area contributed by atoms with E-state index in [0.29, 0.717) is 24.2 Å². The molecule has 2 heterocycles. The summed E-state index contributed by atoms with van der Waals surface area (Å²) in [6, 6.07) is 2.19. The maximum Gasteiger partial charge on any atom is 0.250 e. The molecule has 0 spiro atoms. The molecule has 0 atom stereocenters. The van der Waals surface area contributed by atoms with Crippen LogP contribution in [-0.4, -0.2) is 32.0 Å². The largest absolute Gasteiger partial charge is 0.369 e. The molecular weight excluding hydrogens is 405 g/mol. The second-order valence-corrected chi connectivity index (χ2v) is 9.16. The van der Waals surface area contributed by atoms with Crippen molar-refractivity contribution in [3.8, 4) is 0 Å². The fourth-order valence-corrected chi connectivity index (χ4v) is 5.24. The molecule has 0 aromatic heterocycles.